The van der Waals surface area contributed by atoms with Crippen LogP contribution in [-0.2, 0) is 11.3 Å². The first-order valence-corrected chi connectivity index (χ1v) is 6.51. The predicted octanol–water partition coefficient (Wildman–Crippen LogP) is 1.49. The molecule has 0 bridgehead atoms. The van der Waals surface area contributed by atoms with Gasteiger partial charge in [-0.3, -0.25) is 20.9 Å². The zero-order valence-electron chi connectivity index (χ0n) is 11.8. The monoisotopic (exact) mass is 280 g/mol. The van der Waals surface area contributed by atoms with Crippen molar-refractivity contribution in [3.63, 3.8) is 0 Å². The number of rotatable bonds is 4. The molecule has 0 saturated carbocycles. The molecule has 7 nitrogen and oxygen atoms in total. The number of nitrogens with two attached hydrogens (primary N) is 1. The summed E-state index contributed by atoms with van der Waals surface area (Å²) in [6, 6.07) is 4.97. The number of benzene rings is 1. The average Bonchev–Trinajstić information content (AvgIpc) is 2.37. The second-order valence-electron chi connectivity index (χ2n) is 5.57. The van der Waals surface area contributed by atoms with Crippen LogP contribution in [0.1, 0.15) is 19.4 Å². The van der Waals surface area contributed by atoms with Crippen LogP contribution in [0.5, 0.6) is 0 Å². The SMILES string of the molecule is CC1(C)CN(Cc2ccc([N+](=O)[O-])c(NN)c2)CCO1. The van der Waals surface area contributed by atoms with Gasteiger partial charge in [0.25, 0.3) is 5.69 Å². The smallest absolute Gasteiger partial charge is 0.293 e. The Morgan fingerprint density at radius 2 is 2.30 bits per heavy atom. The Labute approximate surface area is 117 Å². The highest BCUT2D eigenvalue weighted by Gasteiger charge is 2.27. The van der Waals surface area contributed by atoms with E-state index in [0.29, 0.717) is 12.3 Å². The van der Waals surface area contributed by atoms with Crippen LogP contribution in [0.4, 0.5) is 11.4 Å². The summed E-state index contributed by atoms with van der Waals surface area (Å²) in [6.07, 6.45) is 0. The summed E-state index contributed by atoms with van der Waals surface area (Å²) in [4.78, 5) is 12.7. The summed E-state index contributed by atoms with van der Waals surface area (Å²) in [5.74, 6) is 5.35. The second kappa shape index (κ2) is 5.74. The molecule has 2 rings (SSSR count). The van der Waals surface area contributed by atoms with Crippen LogP contribution < -0.4 is 11.3 Å². The highest BCUT2D eigenvalue weighted by Crippen LogP contribution is 2.26. The Bertz CT molecular complexity index is 504. The van der Waals surface area contributed by atoms with Gasteiger partial charge < -0.3 is 10.2 Å². The minimum atomic E-state index is -0.448. The Morgan fingerprint density at radius 1 is 1.55 bits per heavy atom. The Hall–Kier alpha value is -1.70. The summed E-state index contributed by atoms with van der Waals surface area (Å²) in [5.41, 5.74) is 3.53. The summed E-state index contributed by atoms with van der Waals surface area (Å²) in [5, 5.41) is 10.9. The lowest BCUT2D eigenvalue weighted by molar-refractivity contribution is -0.384. The van der Waals surface area contributed by atoms with Crippen molar-refractivity contribution >= 4 is 11.4 Å². The van der Waals surface area contributed by atoms with Gasteiger partial charge in [-0.1, -0.05) is 6.07 Å². The molecule has 0 aliphatic carbocycles. The summed E-state index contributed by atoms with van der Waals surface area (Å²) in [6.45, 7) is 7.21. The molecule has 1 saturated heterocycles. The molecule has 0 spiro atoms. The Morgan fingerprint density at radius 3 is 2.90 bits per heavy atom. The maximum absolute atomic E-state index is 10.9. The molecule has 3 N–H and O–H groups in total. The van der Waals surface area contributed by atoms with Crippen molar-refractivity contribution in [2.75, 3.05) is 25.1 Å². The molecule has 1 aliphatic rings. The lowest BCUT2D eigenvalue weighted by Crippen LogP contribution is -2.47. The number of ether oxygens (including phenoxy) is 1. The van der Waals surface area contributed by atoms with Gasteiger partial charge in [0.1, 0.15) is 5.69 Å². The van der Waals surface area contributed by atoms with Gasteiger partial charge >= 0.3 is 0 Å². The number of nitrogen functional groups attached to an aromatic ring is 1. The van der Waals surface area contributed by atoms with E-state index in [1.54, 1.807) is 12.1 Å². The van der Waals surface area contributed by atoms with Gasteiger partial charge in [0, 0.05) is 25.7 Å². The first kappa shape index (κ1) is 14.7. The molecule has 1 aromatic rings. The number of nitrogens with one attached hydrogen (secondary N) is 1. The van der Waals surface area contributed by atoms with Crippen molar-refractivity contribution in [2.45, 2.75) is 26.0 Å². The molecule has 0 radical (unpaired) electrons. The molecule has 20 heavy (non-hydrogen) atoms. The third-order valence-corrected chi connectivity index (χ3v) is 3.32. The highest BCUT2D eigenvalue weighted by atomic mass is 16.6. The number of anilines is 1. The fourth-order valence-corrected chi connectivity index (χ4v) is 2.46. The Kier molecular flexibility index (Phi) is 4.22. The van der Waals surface area contributed by atoms with Crippen LogP contribution in [0.15, 0.2) is 18.2 Å². The molecule has 0 atom stereocenters. The predicted molar refractivity (Wildman–Crippen MR) is 76.2 cm³/mol. The zero-order chi connectivity index (χ0) is 14.8. The van der Waals surface area contributed by atoms with E-state index in [9.17, 15) is 10.1 Å². The number of hydrazine groups is 1. The van der Waals surface area contributed by atoms with Crippen LogP contribution in [0.2, 0.25) is 0 Å². The number of nitro groups is 1. The summed E-state index contributed by atoms with van der Waals surface area (Å²) >= 11 is 0. The molecule has 1 aromatic carbocycles. The van der Waals surface area contributed by atoms with Crippen molar-refractivity contribution in [1.29, 1.82) is 0 Å². The van der Waals surface area contributed by atoms with Gasteiger partial charge in [0.15, 0.2) is 0 Å². The van der Waals surface area contributed by atoms with Crippen LogP contribution in [0.3, 0.4) is 0 Å². The molecule has 0 amide bonds. The molecular weight excluding hydrogens is 260 g/mol. The van der Waals surface area contributed by atoms with Crippen molar-refractivity contribution in [2.24, 2.45) is 5.84 Å². The molecule has 110 valence electrons. The average molecular weight is 280 g/mol. The number of nitro benzene ring substituents is 1. The third-order valence-electron chi connectivity index (χ3n) is 3.32. The highest BCUT2D eigenvalue weighted by molar-refractivity contribution is 5.62. The van der Waals surface area contributed by atoms with Crippen molar-refractivity contribution in [3.8, 4) is 0 Å². The van der Waals surface area contributed by atoms with E-state index < -0.39 is 4.92 Å². The van der Waals surface area contributed by atoms with Crippen molar-refractivity contribution < 1.29 is 9.66 Å². The van der Waals surface area contributed by atoms with Crippen LogP contribution >= 0.6 is 0 Å². The number of hydrogen-bond acceptors (Lipinski definition) is 6. The minimum absolute atomic E-state index is 0.0152. The first-order valence-electron chi connectivity index (χ1n) is 6.51. The van der Waals surface area contributed by atoms with Gasteiger partial charge in [0.2, 0.25) is 0 Å². The number of morpholine rings is 1. The summed E-state index contributed by atoms with van der Waals surface area (Å²) in [7, 11) is 0. The van der Waals surface area contributed by atoms with Gasteiger partial charge in [-0.15, -0.1) is 0 Å². The van der Waals surface area contributed by atoms with E-state index >= 15 is 0 Å². The maximum Gasteiger partial charge on any atom is 0.293 e. The molecule has 0 aromatic heterocycles. The summed E-state index contributed by atoms with van der Waals surface area (Å²) < 4.78 is 5.67. The van der Waals surface area contributed by atoms with Crippen LogP contribution in [-0.4, -0.2) is 35.1 Å². The lowest BCUT2D eigenvalue weighted by Gasteiger charge is -2.38. The second-order valence-corrected chi connectivity index (χ2v) is 5.57. The number of nitrogens with zero attached hydrogens (tertiary/aromatic N) is 2. The number of hydrogen-bond donors (Lipinski definition) is 2. The fraction of sp³-hybridized carbons (Fsp3) is 0.538. The lowest BCUT2D eigenvalue weighted by atomic mass is 10.1. The van der Waals surface area contributed by atoms with Gasteiger partial charge in [-0.2, -0.15) is 0 Å². The molecular formula is C13H20N4O3. The van der Waals surface area contributed by atoms with Crippen LogP contribution in [0.25, 0.3) is 0 Å². The normalized spacial score (nSPS) is 18.8. The maximum atomic E-state index is 10.9. The topological polar surface area (TPSA) is 93.7 Å². The molecule has 1 fully saturated rings. The molecule has 1 aliphatic heterocycles. The van der Waals surface area contributed by atoms with Crippen LogP contribution in [0, 0.1) is 10.1 Å². The van der Waals surface area contributed by atoms with Gasteiger partial charge in [-0.25, -0.2) is 0 Å². The molecule has 0 unspecified atom stereocenters. The van der Waals surface area contributed by atoms with Gasteiger partial charge in [-0.05, 0) is 25.5 Å². The molecule has 7 heteroatoms. The molecule has 1 heterocycles. The van der Waals surface area contributed by atoms with E-state index in [4.69, 9.17) is 10.6 Å². The van der Waals surface area contributed by atoms with E-state index in [1.807, 2.05) is 0 Å². The third kappa shape index (κ3) is 3.44. The van der Waals surface area contributed by atoms with E-state index in [0.717, 1.165) is 25.2 Å². The van der Waals surface area contributed by atoms with Gasteiger partial charge in [0.05, 0.1) is 17.1 Å². The zero-order valence-corrected chi connectivity index (χ0v) is 11.8. The Balaban J connectivity index is 2.12. The van der Waals surface area contributed by atoms with Crippen molar-refractivity contribution in [3.05, 3.63) is 33.9 Å². The fourth-order valence-electron chi connectivity index (χ4n) is 2.46. The van der Waals surface area contributed by atoms with E-state index in [1.165, 1.54) is 6.07 Å². The standard InChI is InChI=1S/C13H20N4O3/c1-13(2)9-16(5-6-20-13)8-10-3-4-12(17(18)19)11(7-10)15-14/h3-4,7,15H,5-6,8-9,14H2,1-2H3. The van der Waals surface area contributed by atoms with E-state index in [-0.39, 0.29) is 11.3 Å². The first-order chi connectivity index (χ1) is 9.41. The van der Waals surface area contributed by atoms with Crippen molar-refractivity contribution in [1.82, 2.24) is 4.90 Å². The van der Waals surface area contributed by atoms with E-state index in [2.05, 4.69) is 24.2 Å². The minimum Gasteiger partial charge on any atom is -0.373 e. The quantitative estimate of drug-likeness (QED) is 0.493. The largest absolute Gasteiger partial charge is 0.373 e.